The van der Waals surface area contributed by atoms with E-state index in [1.165, 1.54) is 4.57 Å². The lowest BCUT2D eigenvalue weighted by Gasteiger charge is -2.13. The van der Waals surface area contributed by atoms with E-state index in [0.29, 0.717) is 30.1 Å². The highest BCUT2D eigenvalue weighted by atomic mass is 35.5. The summed E-state index contributed by atoms with van der Waals surface area (Å²) in [6, 6.07) is 1.72. The van der Waals surface area contributed by atoms with Crippen LogP contribution in [0.4, 0.5) is 5.82 Å². The van der Waals surface area contributed by atoms with Gasteiger partial charge in [-0.25, -0.2) is 4.98 Å². The molecule has 1 aliphatic rings. The van der Waals surface area contributed by atoms with Crippen molar-refractivity contribution in [2.75, 3.05) is 18.5 Å². The Balaban J connectivity index is 2.00. The van der Waals surface area contributed by atoms with E-state index in [0.717, 1.165) is 5.57 Å². The number of anilines is 1. The zero-order chi connectivity index (χ0) is 15.0. The number of hydrogen-bond acceptors (Lipinski definition) is 5. The average Bonchev–Trinajstić information content (AvgIpc) is 2.97. The molecule has 0 amide bonds. The molecule has 0 radical (unpaired) electrons. The molecule has 0 saturated carbocycles. The van der Waals surface area contributed by atoms with Gasteiger partial charge in [0.25, 0.3) is 0 Å². The van der Waals surface area contributed by atoms with Gasteiger partial charge in [0, 0.05) is 6.20 Å². The minimum Gasteiger partial charge on any atom is -0.480 e. The van der Waals surface area contributed by atoms with Gasteiger partial charge in [0.05, 0.1) is 24.6 Å². The fraction of sp³-hybridized carbons (Fsp3) is 0.308. The number of carboxylic acids is 1. The summed E-state index contributed by atoms with van der Waals surface area (Å²) >= 11 is 5.93. The molecule has 0 bridgehead atoms. The molecule has 1 atom stereocenters. The second-order valence-electron chi connectivity index (χ2n) is 4.79. The minimum atomic E-state index is -0.950. The summed E-state index contributed by atoms with van der Waals surface area (Å²) < 4.78 is 6.83. The quantitative estimate of drug-likeness (QED) is 0.658. The topological polar surface area (TPSA) is 89.3 Å². The Morgan fingerprint density at radius 3 is 3.10 bits per heavy atom. The van der Waals surface area contributed by atoms with Crippen LogP contribution in [-0.4, -0.2) is 44.9 Å². The lowest BCUT2D eigenvalue weighted by atomic mass is 10.2. The number of aliphatic carboxylic acids is 1. The van der Waals surface area contributed by atoms with Crippen LogP contribution < -0.4 is 5.32 Å². The van der Waals surface area contributed by atoms with E-state index in [4.69, 9.17) is 21.4 Å². The predicted octanol–water partition coefficient (Wildman–Crippen LogP) is 1.54. The number of ether oxygens (including phenoxy) is 1. The summed E-state index contributed by atoms with van der Waals surface area (Å²) in [5.41, 5.74) is 1.41. The molecule has 110 valence electrons. The van der Waals surface area contributed by atoms with Gasteiger partial charge in [0.2, 0.25) is 5.28 Å². The van der Waals surface area contributed by atoms with Gasteiger partial charge in [-0.2, -0.15) is 4.98 Å². The highest BCUT2D eigenvalue weighted by molar-refractivity contribution is 6.28. The van der Waals surface area contributed by atoms with Crippen molar-refractivity contribution in [2.45, 2.75) is 12.6 Å². The van der Waals surface area contributed by atoms with Crippen molar-refractivity contribution < 1.29 is 14.6 Å². The van der Waals surface area contributed by atoms with E-state index >= 15 is 0 Å². The van der Waals surface area contributed by atoms with Crippen molar-refractivity contribution >= 4 is 34.4 Å². The fourth-order valence-corrected chi connectivity index (χ4v) is 2.42. The summed E-state index contributed by atoms with van der Waals surface area (Å²) in [7, 11) is 0. The first kappa shape index (κ1) is 13.8. The maximum Gasteiger partial charge on any atom is 0.323 e. The minimum absolute atomic E-state index is 0.0398. The SMILES string of the molecule is C=C1COCC1Nc1nc(Cl)nc2c1ccn2CC(=O)O. The van der Waals surface area contributed by atoms with Crippen molar-refractivity contribution in [1.29, 1.82) is 0 Å². The van der Waals surface area contributed by atoms with E-state index in [1.807, 2.05) is 0 Å². The van der Waals surface area contributed by atoms with Gasteiger partial charge in [0.15, 0.2) is 0 Å². The zero-order valence-electron chi connectivity index (χ0n) is 11.0. The van der Waals surface area contributed by atoms with E-state index < -0.39 is 5.97 Å². The molecule has 2 aromatic heterocycles. The Bertz CT molecular complexity index is 728. The fourth-order valence-electron chi connectivity index (χ4n) is 2.26. The second kappa shape index (κ2) is 5.34. The molecule has 1 aliphatic heterocycles. The van der Waals surface area contributed by atoms with Gasteiger partial charge in [-0.05, 0) is 23.2 Å². The molecule has 0 aliphatic carbocycles. The van der Waals surface area contributed by atoms with Crippen molar-refractivity contribution in [2.24, 2.45) is 0 Å². The number of carbonyl (C=O) groups is 1. The maximum absolute atomic E-state index is 10.9. The summed E-state index contributed by atoms with van der Waals surface area (Å²) in [5, 5.41) is 12.9. The molecule has 0 aromatic carbocycles. The van der Waals surface area contributed by atoms with Gasteiger partial charge in [-0.1, -0.05) is 6.58 Å². The lowest BCUT2D eigenvalue weighted by Crippen LogP contribution is -2.21. The number of carboxylic acid groups (broad SMARTS) is 1. The number of aromatic nitrogens is 3. The van der Waals surface area contributed by atoms with Crippen LogP contribution in [0.5, 0.6) is 0 Å². The Hall–Kier alpha value is -2.12. The Kier molecular flexibility index (Phi) is 3.52. The number of fused-ring (bicyclic) bond motifs is 1. The van der Waals surface area contributed by atoms with Gasteiger partial charge in [-0.15, -0.1) is 0 Å². The zero-order valence-corrected chi connectivity index (χ0v) is 11.8. The molecule has 8 heteroatoms. The molecule has 3 rings (SSSR count). The number of nitrogens with zero attached hydrogens (tertiary/aromatic N) is 3. The first-order valence-electron chi connectivity index (χ1n) is 6.30. The van der Waals surface area contributed by atoms with Crippen LogP contribution in [0.15, 0.2) is 24.4 Å². The third kappa shape index (κ3) is 2.70. The van der Waals surface area contributed by atoms with Gasteiger partial charge >= 0.3 is 5.97 Å². The third-order valence-corrected chi connectivity index (χ3v) is 3.44. The lowest BCUT2D eigenvalue weighted by molar-refractivity contribution is -0.137. The molecule has 2 N–H and O–H groups in total. The Labute approximate surface area is 125 Å². The number of nitrogens with one attached hydrogen (secondary N) is 1. The van der Waals surface area contributed by atoms with E-state index in [-0.39, 0.29) is 17.9 Å². The second-order valence-corrected chi connectivity index (χ2v) is 5.12. The number of halogens is 1. The van der Waals surface area contributed by atoms with Crippen LogP contribution in [0.2, 0.25) is 5.28 Å². The molecule has 1 fully saturated rings. The summed E-state index contributed by atoms with van der Waals surface area (Å²) in [4.78, 5) is 19.1. The largest absolute Gasteiger partial charge is 0.480 e. The van der Waals surface area contributed by atoms with Crippen LogP contribution in [0.1, 0.15) is 0 Å². The molecular formula is C13H13ClN4O3. The van der Waals surface area contributed by atoms with Crippen LogP contribution in [0, 0.1) is 0 Å². The molecule has 0 spiro atoms. The molecule has 2 aromatic rings. The highest BCUT2D eigenvalue weighted by Gasteiger charge is 2.22. The smallest absolute Gasteiger partial charge is 0.323 e. The number of hydrogen-bond donors (Lipinski definition) is 2. The number of rotatable bonds is 4. The molecule has 1 unspecified atom stereocenters. The van der Waals surface area contributed by atoms with E-state index in [2.05, 4.69) is 21.9 Å². The van der Waals surface area contributed by atoms with Gasteiger partial charge in [0.1, 0.15) is 18.0 Å². The van der Waals surface area contributed by atoms with Crippen molar-refractivity contribution in [3.05, 3.63) is 29.7 Å². The van der Waals surface area contributed by atoms with Crippen LogP contribution in [-0.2, 0) is 16.1 Å². The molecule has 21 heavy (non-hydrogen) atoms. The summed E-state index contributed by atoms with van der Waals surface area (Å²) in [5.74, 6) is -0.403. The highest BCUT2D eigenvalue weighted by Crippen LogP contribution is 2.25. The van der Waals surface area contributed by atoms with Gasteiger partial charge in [-0.3, -0.25) is 4.79 Å². The monoisotopic (exact) mass is 308 g/mol. The van der Waals surface area contributed by atoms with Crippen LogP contribution in [0.3, 0.4) is 0 Å². The standard InChI is InChI=1S/C13H13ClN4O3/c1-7-5-21-6-9(7)15-11-8-2-3-18(4-10(19)20)12(8)17-13(14)16-11/h2-3,9H,1,4-6H2,(H,19,20)(H,15,16,17). The van der Waals surface area contributed by atoms with Crippen molar-refractivity contribution in [3.63, 3.8) is 0 Å². The summed E-state index contributed by atoms with van der Waals surface area (Å²) in [6.07, 6.45) is 1.65. The van der Waals surface area contributed by atoms with Crippen molar-refractivity contribution in [3.8, 4) is 0 Å². The third-order valence-electron chi connectivity index (χ3n) is 3.27. The van der Waals surface area contributed by atoms with E-state index in [1.54, 1.807) is 12.3 Å². The first-order chi connectivity index (χ1) is 10.0. The predicted molar refractivity (Wildman–Crippen MR) is 77.5 cm³/mol. The molecule has 7 nitrogen and oxygen atoms in total. The first-order valence-corrected chi connectivity index (χ1v) is 6.68. The maximum atomic E-state index is 10.9. The van der Waals surface area contributed by atoms with Crippen LogP contribution >= 0.6 is 11.6 Å². The Morgan fingerprint density at radius 1 is 1.62 bits per heavy atom. The average molecular weight is 309 g/mol. The van der Waals surface area contributed by atoms with Gasteiger partial charge < -0.3 is 19.7 Å². The summed E-state index contributed by atoms with van der Waals surface area (Å²) in [6.45, 7) is 4.77. The van der Waals surface area contributed by atoms with Crippen molar-refractivity contribution in [1.82, 2.24) is 14.5 Å². The molecule has 1 saturated heterocycles. The Morgan fingerprint density at radius 2 is 2.43 bits per heavy atom. The van der Waals surface area contributed by atoms with Crippen LogP contribution in [0.25, 0.3) is 11.0 Å². The molecule has 3 heterocycles. The molecular weight excluding hydrogens is 296 g/mol. The normalized spacial score (nSPS) is 18.3. The van der Waals surface area contributed by atoms with E-state index in [9.17, 15) is 4.79 Å².